The largest absolute Gasteiger partial charge is 0.370 e. The van der Waals surface area contributed by atoms with E-state index in [1.807, 2.05) is 23.1 Å². The first-order chi connectivity index (χ1) is 13.4. The Morgan fingerprint density at radius 3 is 2.78 bits per heavy atom. The number of fused-ring (bicyclic) bond motifs is 3. The van der Waals surface area contributed by atoms with E-state index in [4.69, 9.17) is 14.7 Å². The molecule has 2 aliphatic rings. The van der Waals surface area contributed by atoms with Crippen molar-refractivity contribution in [2.75, 3.05) is 26.3 Å². The monoisotopic (exact) mass is 398 g/mol. The van der Waals surface area contributed by atoms with Crippen LogP contribution in [0.1, 0.15) is 28.2 Å². The summed E-state index contributed by atoms with van der Waals surface area (Å²) in [5, 5.41) is 2.53. The SMILES string of the molecule is c1ccc(CSc2nc(C[NH+]3CCOCC3)nc3sc4c(c23)CCC4)cc1. The van der Waals surface area contributed by atoms with Crippen LogP contribution in [0.5, 0.6) is 0 Å². The van der Waals surface area contributed by atoms with Crippen molar-refractivity contribution in [3.05, 3.63) is 52.2 Å². The molecule has 6 heteroatoms. The number of hydrogen-bond donors (Lipinski definition) is 1. The van der Waals surface area contributed by atoms with Crippen molar-refractivity contribution in [3.63, 3.8) is 0 Å². The van der Waals surface area contributed by atoms with Crippen LogP contribution in [-0.2, 0) is 29.9 Å². The van der Waals surface area contributed by atoms with E-state index in [0.29, 0.717) is 0 Å². The number of aryl methyl sites for hydroxylation is 2. The third-order valence-corrected chi connectivity index (χ3v) is 7.64. The third-order valence-electron chi connectivity index (χ3n) is 5.40. The molecule has 0 unspecified atom stereocenters. The molecule has 1 saturated heterocycles. The second-order valence-corrected chi connectivity index (χ2v) is 9.34. The molecule has 1 aromatic carbocycles. The van der Waals surface area contributed by atoms with Crippen LogP contribution in [0.15, 0.2) is 35.4 Å². The highest BCUT2D eigenvalue weighted by Crippen LogP contribution is 2.41. The van der Waals surface area contributed by atoms with E-state index < -0.39 is 0 Å². The number of quaternary nitrogens is 1. The lowest BCUT2D eigenvalue weighted by atomic mass is 10.2. The zero-order valence-electron chi connectivity index (χ0n) is 15.4. The van der Waals surface area contributed by atoms with Crippen LogP contribution >= 0.6 is 23.1 Å². The van der Waals surface area contributed by atoms with Gasteiger partial charge in [0.05, 0.1) is 13.2 Å². The zero-order chi connectivity index (χ0) is 18.1. The molecule has 2 aromatic heterocycles. The zero-order valence-corrected chi connectivity index (χ0v) is 17.0. The Balaban J connectivity index is 1.47. The highest BCUT2D eigenvalue weighted by molar-refractivity contribution is 7.98. The van der Waals surface area contributed by atoms with Crippen molar-refractivity contribution >= 4 is 33.3 Å². The molecule has 1 fully saturated rings. The molecule has 0 atom stereocenters. The van der Waals surface area contributed by atoms with Crippen LogP contribution in [0.3, 0.4) is 0 Å². The second kappa shape index (κ2) is 7.87. The average molecular weight is 399 g/mol. The molecule has 0 saturated carbocycles. The van der Waals surface area contributed by atoms with Gasteiger partial charge in [-0.1, -0.05) is 30.3 Å². The topological polar surface area (TPSA) is 39.5 Å². The highest BCUT2D eigenvalue weighted by atomic mass is 32.2. The van der Waals surface area contributed by atoms with Gasteiger partial charge in [0.2, 0.25) is 0 Å². The van der Waals surface area contributed by atoms with Crippen LogP contribution in [0, 0.1) is 0 Å². The van der Waals surface area contributed by atoms with E-state index in [-0.39, 0.29) is 0 Å². The molecule has 27 heavy (non-hydrogen) atoms. The molecule has 140 valence electrons. The number of ether oxygens (including phenoxy) is 1. The van der Waals surface area contributed by atoms with E-state index in [2.05, 4.69) is 30.3 Å². The summed E-state index contributed by atoms with van der Waals surface area (Å²) in [4.78, 5) is 14.3. The second-order valence-electron chi connectivity index (χ2n) is 7.30. The third kappa shape index (κ3) is 3.76. The van der Waals surface area contributed by atoms with Crippen LogP contribution in [0.2, 0.25) is 0 Å². The van der Waals surface area contributed by atoms with Crippen LogP contribution in [0.4, 0.5) is 0 Å². The lowest BCUT2D eigenvalue weighted by Gasteiger charge is -2.23. The smallest absolute Gasteiger partial charge is 0.186 e. The van der Waals surface area contributed by atoms with Gasteiger partial charge >= 0.3 is 0 Å². The number of hydrogen-bond acceptors (Lipinski definition) is 5. The highest BCUT2D eigenvalue weighted by Gasteiger charge is 2.24. The Hall–Kier alpha value is -1.47. The molecule has 1 N–H and O–H groups in total. The molecule has 5 rings (SSSR count). The fraction of sp³-hybridized carbons (Fsp3) is 0.429. The standard InChI is InChI=1S/C21H23N3OS2/c1-2-5-15(6-3-1)14-26-20-19-16-7-4-8-17(16)27-21(19)23-18(22-20)13-24-9-11-25-12-10-24/h1-3,5-6H,4,7-14H2/p+1. The van der Waals surface area contributed by atoms with Crippen molar-refractivity contribution in [1.29, 1.82) is 0 Å². The molecule has 0 amide bonds. The number of rotatable bonds is 5. The maximum absolute atomic E-state index is 5.50. The Morgan fingerprint density at radius 2 is 1.93 bits per heavy atom. The Kier molecular flexibility index (Phi) is 5.14. The first kappa shape index (κ1) is 17.6. The molecule has 1 aliphatic carbocycles. The number of thiophene rings is 1. The lowest BCUT2D eigenvalue weighted by molar-refractivity contribution is -0.922. The van der Waals surface area contributed by atoms with Gasteiger partial charge in [-0.15, -0.1) is 23.1 Å². The number of thioether (sulfide) groups is 1. The van der Waals surface area contributed by atoms with E-state index in [1.165, 1.54) is 55.4 Å². The predicted molar refractivity (Wildman–Crippen MR) is 111 cm³/mol. The van der Waals surface area contributed by atoms with Gasteiger partial charge < -0.3 is 9.64 Å². The minimum absolute atomic E-state index is 0.848. The molecule has 1 aliphatic heterocycles. The number of nitrogens with zero attached hydrogens (tertiary/aromatic N) is 2. The molecule has 4 nitrogen and oxygen atoms in total. The van der Waals surface area contributed by atoms with Crippen molar-refractivity contribution in [1.82, 2.24) is 9.97 Å². The summed E-state index contributed by atoms with van der Waals surface area (Å²) in [6.07, 6.45) is 3.68. The summed E-state index contributed by atoms with van der Waals surface area (Å²) in [6.45, 7) is 4.70. The van der Waals surface area contributed by atoms with E-state index in [1.54, 1.807) is 0 Å². The Morgan fingerprint density at radius 1 is 1.07 bits per heavy atom. The van der Waals surface area contributed by atoms with Gasteiger partial charge in [0.15, 0.2) is 5.82 Å². The summed E-state index contributed by atoms with van der Waals surface area (Å²) in [7, 11) is 0. The molecular formula is C21H24N3OS2+. The summed E-state index contributed by atoms with van der Waals surface area (Å²) in [6, 6.07) is 10.7. The molecular weight excluding hydrogens is 374 g/mol. The normalized spacial score (nSPS) is 17.5. The van der Waals surface area contributed by atoms with Crippen molar-refractivity contribution < 1.29 is 9.64 Å². The van der Waals surface area contributed by atoms with Crippen molar-refractivity contribution in [2.45, 2.75) is 36.6 Å². The summed E-state index contributed by atoms with van der Waals surface area (Å²) in [5.41, 5.74) is 2.87. The fourth-order valence-corrected chi connectivity index (χ4v) is 6.35. The molecule has 0 radical (unpaired) electrons. The number of morpholine rings is 1. The van der Waals surface area contributed by atoms with Gasteiger partial charge in [-0.25, -0.2) is 9.97 Å². The summed E-state index contributed by atoms with van der Waals surface area (Å²) in [5.74, 6) is 1.96. The van der Waals surface area contributed by atoms with Crippen LogP contribution in [0.25, 0.3) is 10.2 Å². The minimum atomic E-state index is 0.848. The van der Waals surface area contributed by atoms with Gasteiger partial charge in [0, 0.05) is 16.0 Å². The van der Waals surface area contributed by atoms with Gasteiger partial charge in [-0.3, -0.25) is 0 Å². The van der Waals surface area contributed by atoms with Gasteiger partial charge in [-0.2, -0.15) is 0 Å². The van der Waals surface area contributed by atoms with Crippen LogP contribution in [-0.4, -0.2) is 36.3 Å². The van der Waals surface area contributed by atoms with Gasteiger partial charge in [0.1, 0.15) is 29.5 Å². The Labute approximate surface area is 168 Å². The number of aromatic nitrogens is 2. The predicted octanol–water partition coefficient (Wildman–Crippen LogP) is 2.89. The minimum Gasteiger partial charge on any atom is -0.370 e. The molecule has 3 heterocycles. The quantitative estimate of drug-likeness (QED) is 0.530. The van der Waals surface area contributed by atoms with Crippen molar-refractivity contribution in [2.24, 2.45) is 0 Å². The van der Waals surface area contributed by atoms with Gasteiger partial charge in [0.25, 0.3) is 0 Å². The van der Waals surface area contributed by atoms with Crippen LogP contribution < -0.4 is 4.90 Å². The molecule has 0 bridgehead atoms. The lowest BCUT2D eigenvalue weighted by Crippen LogP contribution is -3.12. The maximum atomic E-state index is 5.50. The molecule has 0 spiro atoms. The first-order valence-corrected chi connectivity index (χ1v) is 11.6. The van der Waals surface area contributed by atoms with Crippen molar-refractivity contribution in [3.8, 4) is 0 Å². The first-order valence-electron chi connectivity index (χ1n) is 9.76. The average Bonchev–Trinajstić information content (AvgIpc) is 3.28. The summed E-state index contributed by atoms with van der Waals surface area (Å²) < 4.78 is 5.50. The van der Waals surface area contributed by atoms with E-state index in [0.717, 1.165) is 44.4 Å². The number of benzene rings is 1. The molecule has 3 aromatic rings. The summed E-state index contributed by atoms with van der Waals surface area (Å²) >= 11 is 3.77. The fourth-order valence-electron chi connectivity index (χ4n) is 3.97. The van der Waals surface area contributed by atoms with Gasteiger partial charge in [-0.05, 0) is 30.4 Å². The Bertz CT molecular complexity index is 935. The number of nitrogens with one attached hydrogen (secondary N) is 1. The van der Waals surface area contributed by atoms with E-state index in [9.17, 15) is 0 Å². The van der Waals surface area contributed by atoms with E-state index >= 15 is 0 Å². The maximum Gasteiger partial charge on any atom is 0.186 e.